The summed E-state index contributed by atoms with van der Waals surface area (Å²) in [6, 6.07) is 2.88. The number of benzene rings is 1. The second-order valence-corrected chi connectivity index (χ2v) is 3.82. The van der Waals surface area contributed by atoms with Crippen LogP contribution in [-0.2, 0) is 11.0 Å². The van der Waals surface area contributed by atoms with Gasteiger partial charge in [0.25, 0.3) is 0 Å². The van der Waals surface area contributed by atoms with Gasteiger partial charge in [0.05, 0.1) is 5.56 Å². The summed E-state index contributed by atoms with van der Waals surface area (Å²) in [5.41, 5.74) is -0.435. The van der Waals surface area contributed by atoms with E-state index in [0.29, 0.717) is 0 Å². The maximum Gasteiger partial charge on any atom is 0.416 e. The molecule has 18 heavy (non-hydrogen) atoms. The number of rotatable bonds is 2. The van der Waals surface area contributed by atoms with Crippen molar-refractivity contribution in [3.05, 3.63) is 34.9 Å². The van der Waals surface area contributed by atoms with Crippen LogP contribution in [0.3, 0.4) is 0 Å². The molecule has 0 aromatic heterocycles. The quantitative estimate of drug-likeness (QED) is 0.809. The first-order chi connectivity index (χ1) is 8.27. The molecule has 1 unspecified atom stereocenters. The lowest BCUT2D eigenvalue weighted by Gasteiger charge is -2.18. The smallest absolute Gasteiger partial charge is 0.339 e. The van der Waals surface area contributed by atoms with Crippen LogP contribution in [0.25, 0.3) is 0 Å². The second kappa shape index (κ2) is 5.13. The van der Waals surface area contributed by atoms with Crippen LogP contribution in [0.5, 0.6) is 0 Å². The summed E-state index contributed by atoms with van der Waals surface area (Å²) in [6.45, 7) is 2.59. The van der Waals surface area contributed by atoms with Crippen LogP contribution in [0.2, 0.25) is 0 Å². The molecular weight excluding hydrogens is 243 g/mol. The molecule has 0 fully saturated rings. The average molecular weight is 255 g/mol. The van der Waals surface area contributed by atoms with E-state index in [9.17, 15) is 18.0 Å². The summed E-state index contributed by atoms with van der Waals surface area (Å²) in [5.74, 6) is 1.88. The van der Waals surface area contributed by atoms with Gasteiger partial charge in [0.2, 0.25) is 5.91 Å². The lowest BCUT2D eigenvalue weighted by atomic mass is 9.96. The first-order valence-electron chi connectivity index (χ1n) is 5.17. The van der Waals surface area contributed by atoms with Gasteiger partial charge in [-0.3, -0.25) is 4.79 Å². The van der Waals surface area contributed by atoms with Crippen molar-refractivity contribution in [3.63, 3.8) is 0 Å². The third-order valence-corrected chi connectivity index (χ3v) is 2.51. The molecule has 0 aliphatic carbocycles. The minimum absolute atomic E-state index is 0.0294. The van der Waals surface area contributed by atoms with E-state index < -0.39 is 23.7 Å². The number of amides is 1. The van der Waals surface area contributed by atoms with Crippen molar-refractivity contribution in [2.45, 2.75) is 26.1 Å². The monoisotopic (exact) mass is 255 g/mol. The molecule has 0 aliphatic heterocycles. The third kappa shape index (κ3) is 3.04. The van der Waals surface area contributed by atoms with Crippen LogP contribution < -0.4 is 5.32 Å². The fourth-order valence-corrected chi connectivity index (χ4v) is 1.69. The molecule has 0 spiro atoms. The highest BCUT2D eigenvalue weighted by Gasteiger charge is 2.33. The van der Waals surface area contributed by atoms with Crippen LogP contribution in [-0.4, -0.2) is 5.91 Å². The number of alkyl halides is 3. The Morgan fingerprint density at radius 3 is 2.50 bits per heavy atom. The molecule has 0 bridgehead atoms. The molecule has 1 rings (SSSR count). The van der Waals surface area contributed by atoms with Gasteiger partial charge in [0.1, 0.15) is 6.04 Å². The molecule has 0 aliphatic rings. The summed E-state index contributed by atoms with van der Waals surface area (Å²) in [4.78, 5) is 11.0. The molecule has 0 saturated carbocycles. The number of terminal acetylenes is 1. The number of hydrogen-bond donors (Lipinski definition) is 1. The summed E-state index contributed by atoms with van der Waals surface area (Å²) in [6.07, 6.45) is 0.800. The standard InChI is InChI=1S/C13H12F3NO/c1-4-12(17-9(3)18)10-6-5-7-11(8(10)2)13(14,15)16/h1,5-7,12H,2-3H3,(H,17,18). The number of nitrogens with one attached hydrogen (secondary N) is 1. The molecule has 2 nitrogen and oxygen atoms in total. The van der Waals surface area contributed by atoms with Gasteiger partial charge in [0, 0.05) is 6.92 Å². The van der Waals surface area contributed by atoms with Gasteiger partial charge in [-0.05, 0) is 24.1 Å². The zero-order valence-electron chi connectivity index (χ0n) is 9.93. The highest BCUT2D eigenvalue weighted by atomic mass is 19.4. The molecule has 1 amide bonds. The van der Waals surface area contributed by atoms with E-state index in [-0.39, 0.29) is 11.1 Å². The molecule has 1 aromatic carbocycles. The largest absolute Gasteiger partial charge is 0.416 e. The Bertz CT molecular complexity index is 500. The Labute approximate surface area is 103 Å². The fourth-order valence-electron chi connectivity index (χ4n) is 1.69. The number of carbonyl (C=O) groups is 1. The molecule has 5 heteroatoms. The SMILES string of the molecule is C#CC(NC(C)=O)c1cccc(C(F)(F)F)c1C. The Morgan fingerprint density at radius 1 is 1.44 bits per heavy atom. The number of carbonyl (C=O) groups excluding carboxylic acids is 1. The van der Waals surface area contributed by atoms with Crippen LogP contribution in [0, 0.1) is 19.3 Å². The number of hydrogen-bond acceptors (Lipinski definition) is 1. The van der Waals surface area contributed by atoms with E-state index in [2.05, 4.69) is 11.2 Å². The normalized spacial score (nSPS) is 12.7. The summed E-state index contributed by atoms with van der Waals surface area (Å²) < 4.78 is 38.2. The Kier molecular flexibility index (Phi) is 4.02. The van der Waals surface area contributed by atoms with Crippen molar-refractivity contribution in [1.82, 2.24) is 5.32 Å². The summed E-state index contributed by atoms with van der Waals surface area (Å²) >= 11 is 0. The maximum absolute atomic E-state index is 12.7. The minimum atomic E-state index is -4.44. The predicted molar refractivity (Wildman–Crippen MR) is 61.6 cm³/mol. The molecule has 1 aromatic rings. The van der Waals surface area contributed by atoms with E-state index in [1.807, 2.05) is 0 Å². The third-order valence-electron chi connectivity index (χ3n) is 2.51. The zero-order valence-corrected chi connectivity index (χ0v) is 9.93. The van der Waals surface area contributed by atoms with Gasteiger partial charge in [-0.1, -0.05) is 18.1 Å². The van der Waals surface area contributed by atoms with Crippen molar-refractivity contribution in [1.29, 1.82) is 0 Å². The van der Waals surface area contributed by atoms with Gasteiger partial charge in [-0.15, -0.1) is 6.42 Å². The Hall–Kier alpha value is -1.96. The van der Waals surface area contributed by atoms with Crippen molar-refractivity contribution >= 4 is 5.91 Å². The highest BCUT2D eigenvalue weighted by Crippen LogP contribution is 2.34. The van der Waals surface area contributed by atoms with E-state index >= 15 is 0 Å². The first-order valence-corrected chi connectivity index (χ1v) is 5.17. The van der Waals surface area contributed by atoms with E-state index in [0.717, 1.165) is 6.07 Å². The highest BCUT2D eigenvalue weighted by molar-refractivity contribution is 5.74. The molecule has 0 heterocycles. The average Bonchev–Trinajstić information content (AvgIpc) is 2.24. The van der Waals surface area contributed by atoms with Crippen LogP contribution in [0.15, 0.2) is 18.2 Å². The predicted octanol–water partition coefficient (Wildman–Crippen LogP) is 2.82. The van der Waals surface area contributed by atoms with Crippen molar-refractivity contribution in [3.8, 4) is 12.3 Å². The first kappa shape index (κ1) is 14.1. The van der Waals surface area contributed by atoms with Gasteiger partial charge in [-0.2, -0.15) is 13.2 Å². The number of halogens is 3. The zero-order chi connectivity index (χ0) is 13.9. The molecule has 0 saturated heterocycles. The van der Waals surface area contributed by atoms with E-state index in [1.54, 1.807) is 0 Å². The van der Waals surface area contributed by atoms with Crippen molar-refractivity contribution in [2.75, 3.05) is 0 Å². The summed E-state index contributed by atoms with van der Waals surface area (Å²) in [5, 5.41) is 2.42. The van der Waals surface area contributed by atoms with Crippen LogP contribution in [0.1, 0.15) is 29.7 Å². The Morgan fingerprint density at radius 2 is 2.06 bits per heavy atom. The molecule has 1 atom stereocenters. The summed E-state index contributed by atoms with van der Waals surface area (Å²) in [7, 11) is 0. The molecular formula is C13H12F3NO. The van der Waals surface area contributed by atoms with Crippen molar-refractivity contribution < 1.29 is 18.0 Å². The van der Waals surface area contributed by atoms with E-state index in [4.69, 9.17) is 6.42 Å². The van der Waals surface area contributed by atoms with E-state index in [1.165, 1.54) is 26.0 Å². The molecule has 0 radical (unpaired) electrons. The topological polar surface area (TPSA) is 29.1 Å². The lowest BCUT2D eigenvalue weighted by Crippen LogP contribution is -2.26. The molecule has 1 N–H and O–H groups in total. The Balaban J connectivity index is 3.26. The van der Waals surface area contributed by atoms with Gasteiger partial charge >= 0.3 is 6.18 Å². The van der Waals surface area contributed by atoms with Gasteiger partial charge in [0.15, 0.2) is 0 Å². The second-order valence-electron chi connectivity index (χ2n) is 3.82. The minimum Gasteiger partial charge on any atom is -0.339 e. The molecule has 96 valence electrons. The fraction of sp³-hybridized carbons (Fsp3) is 0.308. The van der Waals surface area contributed by atoms with Crippen LogP contribution in [0.4, 0.5) is 13.2 Å². The maximum atomic E-state index is 12.7. The van der Waals surface area contributed by atoms with Crippen LogP contribution >= 0.6 is 0 Å². The van der Waals surface area contributed by atoms with Gasteiger partial charge in [-0.25, -0.2) is 0 Å². The van der Waals surface area contributed by atoms with Crippen molar-refractivity contribution in [2.24, 2.45) is 0 Å². The lowest BCUT2D eigenvalue weighted by molar-refractivity contribution is -0.138. The van der Waals surface area contributed by atoms with Gasteiger partial charge < -0.3 is 5.32 Å².